The molecule has 0 saturated carbocycles. The number of allylic oxidation sites excluding steroid dienone is 4. The highest BCUT2D eigenvalue weighted by Crippen LogP contribution is 2.50. The highest BCUT2D eigenvalue weighted by atomic mass is 31.2. The Bertz CT molecular complexity index is 473. The Balaban J connectivity index is 2.96. The molecule has 0 aromatic heterocycles. The summed E-state index contributed by atoms with van der Waals surface area (Å²) in [5.41, 5.74) is 3.44. The summed E-state index contributed by atoms with van der Waals surface area (Å²) < 4.78 is 37.2. The van der Waals surface area contributed by atoms with E-state index >= 15 is 0 Å². The molecule has 19 heavy (non-hydrogen) atoms. The predicted octanol–water partition coefficient (Wildman–Crippen LogP) is 1.06. The molecule has 9 heteroatoms. The van der Waals surface area contributed by atoms with Gasteiger partial charge < -0.3 is 20.6 Å². The van der Waals surface area contributed by atoms with E-state index in [1.54, 1.807) is 0 Å². The van der Waals surface area contributed by atoms with Crippen molar-refractivity contribution in [3.8, 4) is 0 Å². The number of rotatable bonds is 5. The Kier molecular flexibility index (Phi) is 4.63. The summed E-state index contributed by atoms with van der Waals surface area (Å²) in [4.78, 5) is 28.4. The van der Waals surface area contributed by atoms with E-state index in [0.29, 0.717) is 0 Å². The van der Waals surface area contributed by atoms with E-state index in [4.69, 9.17) is 20.6 Å². The highest BCUT2D eigenvalue weighted by molar-refractivity contribution is 7.56. The standard InChI is InChI=1S/C10H14F2NO5P/c11-9(12)10(5-7(13)8(14)15)3-1-6(2-4-10)19(16,17)18/h1-3,7,9H,4-5,13H2,(H,14,15)(H2,16,17,18)/t7-,10?/m0/s1. The van der Waals surface area contributed by atoms with Crippen LogP contribution in [0.3, 0.4) is 0 Å². The molecule has 0 aromatic rings. The number of alkyl halides is 2. The van der Waals surface area contributed by atoms with Gasteiger partial charge in [-0.3, -0.25) is 9.36 Å². The number of carboxylic acids is 1. The van der Waals surface area contributed by atoms with Crippen molar-refractivity contribution in [3.05, 3.63) is 23.5 Å². The minimum Gasteiger partial charge on any atom is -0.480 e. The SMILES string of the molecule is N[C@@H](CC1(C(F)F)C=CC(P(=O)(O)O)=CC1)C(=O)O. The van der Waals surface area contributed by atoms with Gasteiger partial charge in [0.1, 0.15) is 6.04 Å². The zero-order valence-electron chi connectivity index (χ0n) is 9.74. The monoisotopic (exact) mass is 297 g/mol. The minimum absolute atomic E-state index is 0.354. The summed E-state index contributed by atoms with van der Waals surface area (Å²) in [7, 11) is -4.50. The van der Waals surface area contributed by atoms with Crippen LogP contribution in [0.15, 0.2) is 23.5 Å². The van der Waals surface area contributed by atoms with Crippen molar-refractivity contribution in [2.24, 2.45) is 11.1 Å². The molecule has 1 aliphatic rings. The van der Waals surface area contributed by atoms with Crippen LogP contribution in [0, 0.1) is 5.41 Å². The van der Waals surface area contributed by atoms with Crippen LogP contribution in [0.25, 0.3) is 0 Å². The molecule has 0 spiro atoms. The normalized spacial score (nSPS) is 25.3. The van der Waals surface area contributed by atoms with Crippen molar-refractivity contribution < 1.29 is 33.0 Å². The first kappa shape index (κ1) is 16.0. The lowest BCUT2D eigenvalue weighted by atomic mass is 9.76. The summed E-state index contributed by atoms with van der Waals surface area (Å²) in [5.74, 6) is -1.40. The highest BCUT2D eigenvalue weighted by Gasteiger charge is 2.42. The maximum absolute atomic E-state index is 13.1. The van der Waals surface area contributed by atoms with Crippen LogP contribution < -0.4 is 5.73 Å². The predicted molar refractivity (Wildman–Crippen MR) is 62.5 cm³/mol. The molecule has 1 unspecified atom stereocenters. The van der Waals surface area contributed by atoms with Gasteiger partial charge in [0.2, 0.25) is 6.43 Å². The lowest BCUT2D eigenvalue weighted by Gasteiger charge is -2.32. The van der Waals surface area contributed by atoms with Crippen molar-refractivity contribution in [3.63, 3.8) is 0 Å². The van der Waals surface area contributed by atoms with Crippen molar-refractivity contribution in [2.75, 3.05) is 0 Å². The van der Waals surface area contributed by atoms with E-state index in [0.717, 1.165) is 18.2 Å². The Hall–Kier alpha value is -1.08. The third-order valence-electron chi connectivity index (χ3n) is 2.97. The Morgan fingerprint density at radius 2 is 2.11 bits per heavy atom. The van der Waals surface area contributed by atoms with Crippen molar-refractivity contribution >= 4 is 13.6 Å². The minimum atomic E-state index is -4.50. The van der Waals surface area contributed by atoms with Gasteiger partial charge in [-0.1, -0.05) is 18.2 Å². The zero-order chi connectivity index (χ0) is 14.8. The third-order valence-corrected chi connectivity index (χ3v) is 3.97. The van der Waals surface area contributed by atoms with Crippen LogP contribution in [-0.4, -0.2) is 33.3 Å². The van der Waals surface area contributed by atoms with Gasteiger partial charge in [0.15, 0.2) is 0 Å². The van der Waals surface area contributed by atoms with Crippen LogP contribution in [0.1, 0.15) is 12.8 Å². The molecule has 0 radical (unpaired) electrons. The number of nitrogens with two attached hydrogens (primary N) is 1. The van der Waals surface area contributed by atoms with E-state index in [-0.39, 0.29) is 11.7 Å². The second-order valence-electron chi connectivity index (χ2n) is 4.39. The Labute approximate surface area is 107 Å². The van der Waals surface area contributed by atoms with Crippen molar-refractivity contribution in [2.45, 2.75) is 25.3 Å². The first-order chi connectivity index (χ1) is 8.58. The van der Waals surface area contributed by atoms with E-state index in [1.807, 2.05) is 0 Å². The summed E-state index contributed by atoms with van der Waals surface area (Å²) in [6.45, 7) is 0. The maximum atomic E-state index is 13.1. The quantitative estimate of drug-likeness (QED) is 0.563. The number of aliphatic carboxylic acids is 1. The summed E-state index contributed by atoms with van der Waals surface area (Å²) >= 11 is 0. The first-order valence-corrected chi connectivity index (χ1v) is 6.92. The number of hydrogen-bond donors (Lipinski definition) is 4. The molecule has 0 bridgehead atoms. The molecular formula is C10H14F2NO5P. The van der Waals surface area contributed by atoms with Crippen LogP contribution in [0.4, 0.5) is 8.78 Å². The fourth-order valence-electron chi connectivity index (χ4n) is 1.80. The molecule has 1 rings (SSSR count). The molecule has 5 N–H and O–H groups in total. The van der Waals surface area contributed by atoms with Gasteiger partial charge in [-0.15, -0.1) is 0 Å². The van der Waals surface area contributed by atoms with Crippen LogP contribution in [0.2, 0.25) is 0 Å². The van der Waals surface area contributed by atoms with Crippen LogP contribution in [0.5, 0.6) is 0 Å². The number of carboxylic acid groups (broad SMARTS) is 1. The summed E-state index contributed by atoms with van der Waals surface area (Å²) in [6, 6.07) is -1.47. The molecular weight excluding hydrogens is 283 g/mol. The van der Waals surface area contributed by atoms with Gasteiger partial charge in [-0.05, 0) is 12.8 Å². The van der Waals surface area contributed by atoms with Crippen molar-refractivity contribution in [1.29, 1.82) is 0 Å². The molecule has 6 nitrogen and oxygen atoms in total. The summed E-state index contributed by atoms with van der Waals surface area (Å²) in [6.07, 6.45) is -0.922. The average molecular weight is 297 g/mol. The molecule has 0 heterocycles. The smallest absolute Gasteiger partial charge is 0.355 e. The Morgan fingerprint density at radius 1 is 1.53 bits per heavy atom. The number of hydrogen-bond acceptors (Lipinski definition) is 3. The third kappa shape index (κ3) is 3.70. The van der Waals surface area contributed by atoms with Crippen LogP contribution >= 0.6 is 7.60 Å². The molecule has 0 amide bonds. The van der Waals surface area contributed by atoms with Gasteiger partial charge in [0.05, 0.1) is 10.7 Å². The fraction of sp³-hybridized carbons (Fsp3) is 0.500. The van der Waals surface area contributed by atoms with Gasteiger partial charge in [0.25, 0.3) is 0 Å². The maximum Gasteiger partial charge on any atom is 0.355 e. The number of halogens is 2. The first-order valence-electron chi connectivity index (χ1n) is 5.30. The molecule has 0 fully saturated rings. The van der Waals surface area contributed by atoms with E-state index in [2.05, 4.69) is 0 Å². The van der Waals surface area contributed by atoms with Crippen LogP contribution in [-0.2, 0) is 9.36 Å². The van der Waals surface area contributed by atoms with Crippen molar-refractivity contribution in [1.82, 2.24) is 0 Å². The topological polar surface area (TPSA) is 121 Å². The second-order valence-corrected chi connectivity index (χ2v) is 6.00. The molecule has 0 aliphatic heterocycles. The average Bonchev–Trinajstić information content (AvgIpc) is 2.27. The molecule has 0 aromatic carbocycles. The second kappa shape index (κ2) is 5.50. The lowest BCUT2D eigenvalue weighted by Crippen LogP contribution is -2.40. The molecule has 2 atom stereocenters. The molecule has 0 saturated heterocycles. The van der Waals surface area contributed by atoms with E-state index in [9.17, 15) is 18.1 Å². The molecule has 108 valence electrons. The molecule has 1 aliphatic carbocycles. The van der Waals surface area contributed by atoms with Gasteiger partial charge in [-0.2, -0.15) is 0 Å². The Morgan fingerprint density at radius 3 is 2.42 bits per heavy atom. The van der Waals surface area contributed by atoms with E-state index < -0.39 is 37.9 Å². The summed E-state index contributed by atoms with van der Waals surface area (Å²) in [5, 5.41) is 8.30. The fourth-order valence-corrected chi connectivity index (χ4v) is 2.39. The largest absolute Gasteiger partial charge is 0.480 e. The van der Waals surface area contributed by atoms with E-state index in [1.165, 1.54) is 0 Å². The lowest BCUT2D eigenvalue weighted by molar-refractivity contribution is -0.139. The van der Waals surface area contributed by atoms with Gasteiger partial charge in [0, 0.05) is 0 Å². The van der Waals surface area contributed by atoms with Gasteiger partial charge in [-0.25, -0.2) is 8.78 Å². The zero-order valence-corrected chi connectivity index (χ0v) is 10.6. The van der Waals surface area contributed by atoms with Gasteiger partial charge >= 0.3 is 13.6 Å². The number of carbonyl (C=O) groups is 1.